The van der Waals surface area contributed by atoms with Gasteiger partial charge in [0.15, 0.2) is 5.92 Å². The molecule has 2 aliphatic rings. The molecular formula is C23H23F6N3. The molecule has 2 aromatic rings. The maximum atomic E-state index is 12.9. The predicted octanol–water partition coefficient (Wildman–Crippen LogP) is 6.26. The minimum Gasteiger partial charge on any atom is -0.372 e. The van der Waals surface area contributed by atoms with E-state index >= 15 is 0 Å². The number of nitrogens with zero attached hydrogens (tertiary/aromatic N) is 1. The van der Waals surface area contributed by atoms with E-state index in [1.807, 2.05) is 12.1 Å². The largest absolute Gasteiger partial charge is 0.404 e. The molecule has 0 amide bonds. The van der Waals surface area contributed by atoms with Gasteiger partial charge in [-0.2, -0.15) is 26.3 Å². The standard InChI is InChI=1S/C23H23F6N3/c1-13(20-19-10-9-18(11-15(19)12-30-20)32(2)17-7-8-17)31-16-5-3-14(4-6-16)21(22(24,25)26)23(27,28)29/h3-6,9-11,17,20-21,30-31H,1,7-8,12H2,2H3. The molecular weight excluding hydrogens is 432 g/mol. The summed E-state index contributed by atoms with van der Waals surface area (Å²) in [5.41, 5.74) is 3.40. The van der Waals surface area contributed by atoms with Crippen LogP contribution >= 0.6 is 0 Å². The molecule has 0 saturated heterocycles. The number of hydrogen-bond acceptors (Lipinski definition) is 3. The van der Waals surface area contributed by atoms with Crippen LogP contribution in [0.1, 0.15) is 41.5 Å². The average molecular weight is 455 g/mol. The van der Waals surface area contributed by atoms with Crippen molar-refractivity contribution < 1.29 is 26.3 Å². The number of alkyl halides is 6. The molecule has 4 rings (SSSR count). The van der Waals surface area contributed by atoms with Gasteiger partial charge >= 0.3 is 12.4 Å². The van der Waals surface area contributed by atoms with Gasteiger partial charge in [-0.05, 0) is 53.8 Å². The number of anilines is 2. The van der Waals surface area contributed by atoms with Crippen LogP contribution in [0.15, 0.2) is 54.7 Å². The molecule has 2 N–H and O–H groups in total. The number of halogens is 6. The lowest BCUT2D eigenvalue weighted by atomic mass is 9.97. The van der Waals surface area contributed by atoms with Crippen LogP contribution in [0.25, 0.3) is 0 Å². The Labute approximate surface area is 182 Å². The first kappa shape index (κ1) is 22.5. The Hall–Kier alpha value is -2.68. The number of rotatable bonds is 6. The van der Waals surface area contributed by atoms with Crippen LogP contribution in [0.4, 0.5) is 37.7 Å². The summed E-state index contributed by atoms with van der Waals surface area (Å²) < 4.78 is 77.5. The number of fused-ring (bicyclic) bond motifs is 1. The number of hydrogen-bond donors (Lipinski definition) is 2. The molecule has 32 heavy (non-hydrogen) atoms. The van der Waals surface area contributed by atoms with Crippen LogP contribution in [-0.2, 0) is 6.54 Å². The van der Waals surface area contributed by atoms with Crippen molar-refractivity contribution in [3.05, 3.63) is 71.4 Å². The highest BCUT2D eigenvalue weighted by Crippen LogP contribution is 2.46. The van der Waals surface area contributed by atoms with Gasteiger partial charge < -0.3 is 15.5 Å². The zero-order valence-electron chi connectivity index (χ0n) is 17.3. The van der Waals surface area contributed by atoms with E-state index in [0.717, 1.165) is 28.9 Å². The van der Waals surface area contributed by atoms with E-state index in [4.69, 9.17) is 0 Å². The Morgan fingerprint density at radius 3 is 2.22 bits per heavy atom. The van der Waals surface area contributed by atoms with Crippen LogP contribution in [0, 0.1) is 0 Å². The van der Waals surface area contributed by atoms with E-state index in [1.165, 1.54) is 25.0 Å². The van der Waals surface area contributed by atoms with Gasteiger partial charge in [0.2, 0.25) is 0 Å². The molecule has 1 aliphatic heterocycles. The van der Waals surface area contributed by atoms with Crippen LogP contribution < -0.4 is 15.5 Å². The van der Waals surface area contributed by atoms with Crippen LogP contribution in [0.2, 0.25) is 0 Å². The quantitative estimate of drug-likeness (QED) is 0.504. The summed E-state index contributed by atoms with van der Waals surface area (Å²) in [6.45, 7) is 4.66. The maximum Gasteiger partial charge on any atom is 0.404 e. The third-order valence-corrected chi connectivity index (χ3v) is 5.99. The molecule has 1 heterocycles. The third-order valence-electron chi connectivity index (χ3n) is 5.99. The minimum atomic E-state index is -5.42. The van der Waals surface area contributed by atoms with E-state index in [9.17, 15) is 26.3 Å². The molecule has 1 unspecified atom stereocenters. The smallest absolute Gasteiger partial charge is 0.372 e. The van der Waals surface area contributed by atoms with E-state index in [0.29, 0.717) is 24.0 Å². The SMILES string of the molecule is C=C(Nc1ccc(C(C(F)(F)F)C(F)(F)F)cc1)C1NCc2cc(N(C)C3CC3)ccc21. The molecule has 1 fully saturated rings. The highest BCUT2D eigenvalue weighted by atomic mass is 19.4. The molecule has 1 aliphatic carbocycles. The van der Waals surface area contributed by atoms with Crippen molar-refractivity contribution in [2.45, 2.75) is 49.7 Å². The fraction of sp³-hybridized carbons (Fsp3) is 0.391. The first-order valence-electron chi connectivity index (χ1n) is 10.2. The van der Waals surface area contributed by atoms with E-state index in [-0.39, 0.29) is 6.04 Å². The fourth-order valence-corrected chi connectivity index (χ4v) is 4.13. The maximum absolute atomic E-state index is 12.9. The zero-order valence-corrected chi connectivity index (χ0v) is 17.3. The molecule has 0 spiro atoms. The summed E-state index contributed by atoms with van der Waals surface area (Å²) in [6.07, 6.45) is -8.44. The lowest BCUT2D eigenvalue weighted by molar-refractivity contribution is -0.253. The predicted molar refractivity (Wildman–Crippen MR) is 112 cm³/mol. The highest BCUT2D eigenvalue weighted by molar-refractivity contribution is 5.57. The van der Waals surface area contributed by atoms with Crippen molar-refractivity contribution in [3.63, 3.8) is 0 Å². The van der Waals surface area contributed by atoms with Crippen LogP contribution in [0.3, 0.4) is 0 Å². The topological polar surface area (TPSA) is 27.3 Å². The Kier molecular flexibility index (Phi) is 5.65. The second-order valence-corrected chi connectivity index (χ2v) is 8.33. The molecule has 1 atom stereocenters. The molecule has 0 radical (unpaired) electrons. The summed E-state index contributed by atoms with van der Waals surface area (Å²) >= 11 is 0. The molecule has 9 heteroatoms. The van der Waals surface area contributed by atoms with Gasteiger partial charge in [0, 0.05) is 36.7 Å². The van der Waals surface area contributed by atoms with Gasteiger partial charge in [-0.25, -0.2) is 0 Å². The first-order valence-corrected chi connectivity index (χ1v) is 10.2. The van der Waals surface area contributed by atoms with Crippen molar-refractivity contribution in [2.75, 3.05) is 17.3 Å². The second-order valence-electron chi connectivity index (χ2n) is 8.33. The van der Waals surface area contributed by atoms with Crippen molar-refractivity contribution in [1.29, 1.82) is 0 Å². The Balaban J connectivity index is 1.46. The van der Waals surface area contributed by atoms with Crippen molar-refractivity contribution in [1.82, 2.24) is 5.32 Å². The summed E-state index contributed by atoms with van der Waals surface area (Å²) in [7, 11) is 2.07. The summed E-state index contributed by atoms with van der Waals surface area (Å²) in [4.78, 5) is 2.26. The minimum absolute atomic E-state index is 0.219. The highest BCUT2D eigenvalue weighted by Gasteiger charge is 2.57. The van der Waals surface area contributed by atoms with Crippen molar-refractivity contribution in [3.8, 4) is 0 Å². The van der Waals surface area contributed by atoms with Crippen LogP contribution in [0.5, 0.6) is 0 Å². The van der Waals surface area contributed by atoms with Gasteiger partial charge in [0.25, 0.3) is 0 Å². The van der Waals surface area contributed by atoms with Gasteiger partial charge in [0.05, 0.1) is 6.04 Å². The van der Waals surface area contributed by atoms with E-state index in [1.54, 1.807) is 0 Å². The van der Waals surface area contributed by atoms with E-state index in [2.05, 4.69) is 35.2 Å². The Bertz CT molecular complexity index is 978. The Morgan fingerprint density at radius 2 is 1.66 bits per heavy atom. The van der Waals surface area contributed by atoms with Gasteiger partial charge in [-0.3, -0.25) is 0 Å². The normalized spacial score (nSPS) is 18.6. The zero-order chi connectivity index (χ0) is 23.3. The van der Waals surface area contributed by atoms with Gasteiger partial charge in [-0.15, -0.1) is 0 Å². The van der Waals surface area contributed by atoms with Crippen molar-refractivity contribution in [2.24, 2.45) is 0 Å². The molecule has 3 nitrogen and oxygen atoms in total. The van der Waals surface area contributed by atoms with E-state index < -0.39 is 23.8 Å². The summed E-state index contributed by atoms with van der Waals surface area (Å²) in [6, 6.07) is 10.7. The molecule has 2 aromatic carbocycles. The first-order chi connectivity index (χ1) is 14.9. The van der Waals surface area contributed by atoms with Crippen molar-refractivity contribution >= 4 is 11.4 Å². The molecule has 0 aromatic heterocycles. The second kappa shape index (κ2) is 8.03. The molecule has 1 saturated carbocycles. The molecule has 172 valence electrons. The lowest BCUT2D eigenvalue weighted by Gasteiger charge is -2.24. The number of benzene rings is 2. The average Bonchev–Trinajstić information content (AvgIpc) is 3.45. The summed E-state index contributed by atoms with van der Waals surface area (Å²) in [5, 5.41) is 6.35. The Morgan fingerprint density at radius 1 is 1.03 bits per heavy atom. The number of nitrogens with one attached hydrogen (secondary N) is 2. The third kappa shape index (κ3) is 4.57. The van der Waals surface area contributed by atoms with Gasteiger partial charge in [0.1, 0.15) is 0 Å². The summed E-state index contributed by atoms with van der Waals surface area (Å²) in [5.74, 6) is -3.52. The fourth-order valence-electron chi connectivity index (χ4n) is 4.13. The van der Waals surface area contributed by atoms with Gasteiger partial charge in [-0.1, -0.05) is 24.8 Å². The monoisotopic (exact) mass is 455 g/mol. The van der Waals surface area contributed by atoms with Crippen LogP contribution in [-0.4, -0.2) is 25.4 Å². The lowest BCUT2D eigenvalue weighted by Crippen LogP contribution is -2.34. The molecule has 0 bridgehead atoms.